The first kappa shape index (κ1) is 11.4. The third kappa shape index (κ3) is 5.68. The summed E-state index contributed by atoms with van der Waals surface area (Å²) in [6.45, 7) is 1.82. The molecular formula is C10H15N3. The molecule has 0 saturated heterocycles. The van der Waals surface area contributed by atoms with E-state index < -0.39 is 0 Å². The number of rotatable bonds is 1. The van der Waals surface area contributed by atoms with Crippen LogP contribution in [0.3, 0.4) is 0 Å². The zero-order chi connectivity index (χ0) is 10.1. The molecule has 0 fully saturated rings. The van der Waals surface area contributed by atoms with E-state index in [9.17, 15) is 0 Å². The van der Waals surface area contributed by atoms with E-state index in [0.29, 0.717) is 6.42 Å². The largest absolute Gasteiger partial charge is 0.378 e. The minimum Gasteiger partial charge on any atom is -0.378 e. The van der Waals surface area contributed by atoms with Gasteiger partial charge in [0.05, 0.1) is 6.07 Å². The first-order chi connectivity index (χ1) is 6.22. The summed E-state index contributed by atoms with van der Waals surface area (Å²) in [6.07, 6.45) is 4.20. The number of nitriles is 1. The van der Waals surface area contributed by atoms with Crippen molar-refractivity contribution >= 4 is 5.69 Å². The molecule has 0 amide bonds. The maximum absolute atomic E-state index is 7.62. The van der Waals surface area contributed by atoms with Gasteiger partial charge in [-0.2, -0.15) is 5.26 Å². The fourth-order valence-electron chi connectivity index (χ4n) is 0.642. The molecule has 3 nitrogen and oxygen atoms in total. The Labute approximate surface area is 79.6 Å². The normalized spacial score (nSPS) is 7.85. The zero-order valence-electron chi connectivity index (χ0n) is 8.36. The van der Waals surface area contributed by atoms with Gasteiger partial charge in [0.2, 0.25) is 0 Å². The van der Waals surface area contributed by atoms with Gasteiger partial charge >= 0.3 is 0 Å². The molecular weight excluding hydrogens is 162 g/mol. The molecule has 70 valence electrons. The van der Waals surface area contributed by atoms with Crippen LogP contribution in [0.15, 0.2) is 24.5 Å². The molecule has 13 heavy (non-hydrogen) atoms. The van der Waals surface area contributed by atoms with E-state index in [-0.39, 0.29) is 0 Å². The molecule has 1 rings (SSSR count). The summed E-state index contributed by atoms with van der Waals surface area (Å²) in [5.41, 5.74) is 1.19. The zero-order valence-corrected chi connectivity index (χ0v) is 8.36. The lowest BCUT2D eigenvalue weighted by molar-refractivity contribution is 1.12. The molecule has 1 aromatic heterocycles. The van der Waals surface area contributed by atoms with Crippen LogP contribution in [0.25, 0.3) is 0 Å². The SMILES string of the molecule is CCC#N.CN(C)c1ccncc1. The smallest absolute Gasteiger partial charge is 0.0618 e. The Morgan fingerprint density at radius 1 is 1.38 bits per heavy atom. The van der Waals surface area contributed by atoms with Gasteiger partial charge in [0.15, 0.2) is 0 Å². The Bertz CT molecular complexity index is 249. The average Bonchev–Trinajstić information content (AvgIpc) is 2.19. The Kier molecular flexibility index (Phi) is 6.26. The van der Waals surface area contributed by atoms with E-state index in [1.807, 2.05) is 44.1 Å². The Balaban J connectivity index is 0.000000310. The lowest BCUT2D eigenvalue weighted by Crippen LogP contribution is -2.07. The highest BCUT2D eigenvalue weighted by Crippen LogP contribution is 2.05. The van der Waals surface area contributed by atoms with Crippen molar-refractivity contribution in [1.82, 2.24) is 4.98 Å². The van der Waals surface area contributed by atoms with E-state index in [0.717, 1.165) is 0 Å². The van der Waals surface area contributed by atoms with Crippen LogP contribution in [-0.4, -0.2) is 19.1 Å². The maximum atomic E-state index is 7.62. The Morgan fingerprint density at radius 3 is 2.08 bits per heavy atom. The van der Waals surface area contributed by atoms with Crippen molar-refractivity contribution in [2.24, 2.45) is 0 Å². The number of aromatic nitrogens is 1. The molecule has 0 unspecified atom stereocenters. The van der Waals surface area contributed by atoms with Gasteiger partial charge in [0, 0.05) is 38.6 Å². The van der Waals surface area contributed by atoms with Crippen molar-refractivity contribution in [2.45, 2.75) is 13.3 Å². The summed E-state index contributed by atoms with van der Waals surface area (Å²) in [5, 5.41) is 7.62. The highest BCUT2D eigenvalue weighted by atomic mass is 15.1. The summed E-state index contributed by atoms with van der Waals surface area (Å²) in [6, 6.07) is 5.88. The number of pyridine rings is 1. The van der Waals surface area contributed by atoms with Crippen molar-refractivity contribution < 1.29 is 0 Å². The topological polar surface area (TPSA) is 39.9 Å². The molecule has 0 aromatic carbocycles. The van der Waals surface area contributed by atoms with Gasteiger partial charge in [-0.15, -0.1) is 0 Å². The molecule has 0 aliphatic rings. The predicted molar refractivity (Wildman–Crippen MR) is 54.5 cm³/mol. The monoisotopic (exact) mass is 177 g/mol. The predicted octanol–water partition coefficient (Wildman–Crippen LogP) is 2.07. The van der Waals surface area contributed by atoms with Crippen LogP contribution in [0.5, 0.6) is 0 Å². The summed E-state index contributed by atoms with van der Waals surface area (Å²) in [4.78, 5) is 5.94. The molecule has 0 radical (unpaired) electrons. The molecule has 0 atom stereocenters. The summed E-state index contributed by atoms with van der Waals surface area (Å²) in [7, 11) is 4.02. The van der Waals surface area contributed by atoms with Crippen LogP contribution in [0.4, 0.5) is 5.69 Å². The first-order valence-electron chi connectivity index (χ1n) is 4.16. The Hall–Kier alpha value is -1.56. The minimum absolute atomic E-state index is 0.625. The molecule has 0 N–H and O–H groups in total. The van der Waals surface area contributed by atoms with Crippen LogP contribution in [0.1, 0.15) is 13.3 Å². The second-order valence-corrected chi connectivity index (χ2v) is 2.61. The molecule has 1 heterocycles. The van der Waals surface area contributed by atoms with Crippen molar-refractivity contribution in [3.63, 3.8) is 0 Å². The fraction of sp³-hybridized carbons (Fsp3) is 0.400. The highest BCUT2D eigenvalue weighted by molar-refractivity contribution is 5.42. The van der Waals surface area contributed by atoms with Crippen LogP contribution in [0, 0.1) is 11.3 Å². The second-order valence-electron chi connectivity index (χ2n) is 2.61. The van der Waals surface area contributed by atoms with Crippen molar-refractivity contribution in [3.05, 3.63) is 24.5 Å². The third-order valence-corrected chi connectivity index (χ3v) is 1.34. The molecule has 0 spiro atoms. The van der Waals surface area contributed by atoms with E-state index in [4.69, 9.17) is 5.26 Å². The van der Waals surface area contributed by atoms with Gasteiger partial charge in [-0.3, -0.25) is 4.98 Å². The molecule has 0 saturated carbocycles. The van der Waals surface area contributed by atoms with E-state index in [1.54, 1.807) is 12.4 Å². The van der Waals surface area contributed by atoms with Crippen LogP contribution < -0.4 is 4.90 Å². The molecule has 0 bridgehead atoms. The van der Waals surface area contributed by atoms with Crippen LogP contribution >= 0.6 is 0 Å². The molecule has 1 aromatic rings. The number of hydrogen-bond donors (Lipinski definition) is 0. The van der Waals surface area contributed by atoms with Crippen LogP contribution in [-0.2, 0) is 0 Å². The van der Waals surface area contributed by atoms with E-state index in [1.165, 1.54) is 5.69 Å². The number of anilines is 1. The molecule has 0 aliphatic heterocycles. The quantitative estimate of drug-likeness (QED) is 0.659. The molecule has 0 aliphatic carbocycles. The van der Waals surface area contributed by atoms with Gasteiger partial charge in [-0.05, 0) is 12.1 Å². The standard InChI is InChI=1S/C7H10N2.C3H5N/c1-9(2)7-3-5-8-6-4-7;1-2-3-4/h3-6H,1-2H3;2H2,1H3. The lowest BCUT2D eigenvalue weighted by atomic mass is 10.4. The summed E-state index contributed by atoms with van der Waals surface area (Å²) >= 11 is 0. The lowest BCUT2D eigenvalue weighted by Gasteiger charge is -2.10. The van der Waals surface area contributed by atoms with Gasteiger partial charge in [-0.25, -0.2) is 0 Å². The Morgan fingerprint density at radius 2 is 1.85 bits per heavy atom. The highest BCUT2D eigenvalue weighted by Gasteiger charge is 1.88. The maximum Gasteiger partial charge on any atom is 0.0618 e. The van der Waals surface area contributed by atoms with E-state index in [2.05, 4.69) is 4.98 Å². The van der Waals surface area contributed by atoms with Crippen molar-refractivity contribution in [2.75, 3.05) is 19.0 Å². The van der Waals surface area contributed by atoms with Gasteiger partial charge in [-0.1, -0.05) is 6.92 Å². The van der Waals surface area contributed by atoms with Crippen LogP contribution in [0.2, 0.25) is 0 Å². The average molecular weight is 177 g/mol. The summed E-state index contributed by atoms with van der Waals surface area (Å²) in [5.74, 6) is 0. The van der Waals surface area contributed by atoms with E-state index >= 15 is 0 Å². The van der Waals surface area contributed by atoms with Gasteiger partial charge < -0.3 is 4.90 Å². The number of nitrogens with zero attached hydrogens (tertiary/aromatic N) is 3. The van der Waals surface area contributed by atoms with Crippen molar-refractivity contribution in [1.29, 1.82) is 5.26 Å². The minimum atomic E-state index is 0.625. The van der Waals surface area contributed by atoms with Crippen molar-refractivity contribution in [3.8, 4) is 6.07 Å². The number of hydrogen-bond acceptors (Lipinski definition) is 3. The second kappa shape index (κ2) is 7.11. The summed E-state index contributed by atoms with van der Waals surface area (Å²) < 4.78 is 0. The first-order valence-corrected chi connectivity index (χ1v) is 4.16. The van der Waals surface area contributed by atoms with Gasteiger partial charge in [0.1, 0.15) is 0 Å². The fourth-order valence-corrected chi connectivity index (χ4v) is 0.642. The third-order valence-electron chi connectivity index (χ3n) is 1.34. The molecule has 3 heteroatoms. The van der Waals surface area contributed by atoms with Gasteiger partial charge in [0.25, 0.3) is 0 Å².